The Morgan fingerprint density at radius 3 is 1.14 bits per heavy atom. The Morgan fingerprint density at radius 1 is 0.517 bits per heavy atom. The molecule has 0 fully saturated rings. The van der Waals surface area contributed by atoms with Crippen molar-refractivity contribution >= 4 is 5.97 Å². The quantitative estimate of drug-likeness (QED) is 0.476. The number of benzene rings is 3. The minimum Gasteiger partial charge on any atom is -0.478 e. The molecule has 0 saturated heterocycles. The topological polar surface area (TPSA) is 37.3 Å². The van der Waals surface area contributed by atoms with E-state index in [0.717, 1.165) is 11.1 Å². The summed E-state index contributed by atoms with van der Waals surface area (Å²) >= 11 is 0. The first-order valence-corrected chi connectivity index (χ1v) is 9.89. The molecule has 0 aliphatic heterocycles. The molecule has 0 unspecified atom stereocenters. The van der Waals surface area contributed by atoms with Crippen LogP contribution in [0.25, 0.3) is 0 Å². The summed E-state index contributed by atoms with van der Waals surface area (Å²) in [6.45, 7) is 16.6. The lowest BCUT2D eigenvalue weighted by atomic mass is 10.1. The van der Waals surface area contributed by atoms with Gasteiger partial charge in [-0.2, -0.15) is 0 Å². The molecule has 3 aromatic carbocycles. The zero-order valence-electron chi connectivity index (χ0n) is 19.1. The Hall–Kier alpha value is -2.87. The van der Waals surface area contributed by atoms with Crippen LogP contribution in [0.5, 0.6) is 0 Å². The SMILES string of the molecule is Cc1ccc(C(=O)O)cc1C.Cc1ccc(C)c(C)c1.Cc1ccc(C)c(C)c1. The maximum Gasteiger partial charge on any atom is 0.335 e. The van der Waals surface area contributed by atoms with Crippen molar-refractivity contribution in [2.24, 2.45) is 0 Å². The van der Waals surface area contributed by atoms with E-state index >= 15 is 0 Å². The number of hydrogen-bond acceptors (Lipinski definition) is 1. The van der Waals surface area contributed by atoms with Gasteiger partial charge in [-0.25, -0.2) is 4.79 Å². The van der Waals surface area contributed by atoms with Crippen LogP contribution in [0, 0.1) is 55.4 Å². The van der Waals surface area contributed by atoms with Gasteiger partial charge in [0.25, 0.3) is 0 Å². The number of carbonyl (C=O) groups is 1. The molecule has 0 amide bonds. The van der Waals surface area contributed by atoms with Gasteiger partial charge in [-0.05, 0) is 101 Å². The largest absolute Gasteiger partial charge is 0.478 e. The molecular formula is C27H34O2. The maximum atomic E-state index is 10.5. The van der Waals surface area contributed by atoms with Crippen molar-refractivity contribution in [3.63, 3.8) is 0 Å². The predicted molar refractivity (Wildman–Crippen MR) is 124 cm³/mol. The molecule has 1 N–H and O–H groups in total. The third-order valence-corrected chi connectivity index (χ3v) is 5.08. The van der Waals surface area contributed by atoms with E-state index in [9.17, 15) is 4.79 Å². The minimum atomic E-state index is -0.867. The number of carboxylic acids is 1. The van der Waals surface area contributed by atoms with Crippen molar-refractivity contribution in [2.45, 2.75) is 55.4 Å². The van der Waals surface area contributed by atoms with Crippen molar-refractivity contribution in [3.8, 4) is 0 Å². The highest BCUT2D eigenvalue weighted by molar-refractivity contribution is 5.87. The van der Waals surface area contributed by atoms with Gasteiger partial charge in [-0.3, -0.25) is 0 Å². The van der Waals surface area contributed by atoms with E-state index in [1.807, 2.05) is 19.9 Å². The Kier molecular flexibility index (Phi) is 9.34. The summed E-state index contributed by atoms with van der Waals surface area (Å²) in [4.78, 5) is 10.5. The minimum absolute atomic E-state index is 0.355. The van der Waals surface area contributed by atoms with Crippen LogP contribution in [-0.4, -0.2) is 11.1 Å². The molecular weight excluding hydrogens is 356 g/mol. The third kappa shape index (κ3) is 8.35. The molecule has 0 heterocycles. The second-order valence-corrected chi connectivity index (χ2v) is 7.78. The Labute approximate surface area is 176 Å². The molecule has 3 aromatic rings. The van der Waals surface area contributed by atoms with Gasteiger partial charge in [0.15, 0.2) is 0 Å². The predicted octanol–water partition coefficient (Wildman–Crippen LogP) is 7.23. The van der Waals surface area contributed by atoms with E-state index in [0.29, 0.717) is 5.56 Å². The number of hydrogen-bond donors (Lipinski definition) is 1. The fourth-order valence-corrected chi connectivity index (χ4v) is 2.66. The van der Waals surface area contributed by atoms with Gasteiger partial charge >= 0.3 is 5.97 Å². The summed E-state index contributed by atoms with van der Waals surface area (Å²) in [5.41, 5.74) is 10.7. The molecule has 0 atom stereocenters. The van der Waals surface area contributed by atoms with E-state index in [1.54, 1.807) is 12.1 Å². The lowest BCUT2D eigenvalue weighted by molar-refractivity contribution is 0.0696. The van der Waals surface area contributed by atoms with Gasteiger partial charge in [0.1, 0.15) is 0 Å². The van der Waals surface area contributed by atoms with Gasteiger partial charge in [-0.15, -0.1) is 0 Å². The van der Waals surface area contributed by atoms with Crippen LogP contribution in [0.15, 0.2) is 54.6 Å². The first-order chi connectivity index (χ1) is 13.5. The molecule has 29 heavy (non-hydrogen) atoms. The van der Waals surface area contributed by atoms with E-state index in [4.69, 9.17) is 5.11 Å². The van der Waals surface area contributed by atoms with Crippen molar-refractivity contribution in [1.29, 1.82) is 0 Å². The molecule has 3 rings (SSSR count). The molecule has 154 valence electrons. The van der Waals surface area contributed by atoms with Gasteiger partial charge in [0.05, 0.1) is 5.56 Å². The van der Waals surface area contributed by atoms with Crippen LogP contribution < -0.4 is 0 Å². The second-order valence-electron chi connectivity index (χ2n) is 7.78. The van der Waals surface area contributed by atoms with Crippen molar-refractivity contribution in [3.05, 3.63) is 105 Å². The lowest BCUT2D eigenvalue weighted by Crippen LogP contribution is -1.96. The summed E-state index contributed by atoms with van der Waals surface area (Å²) in [6, 6.07) is 18.1. The summed E-state index contributed by atoms with van der Waals surface area (Å²) in [5.74, 6) is -0.867. The zero-order chi connectivity index (χ0) is 22.1. The number of aromatic carboxylic acids is 1. The summed E-state index contributed by atoms with van der Waals surface area (Å²) in [6.07, 6.45) is 0. The Balaban J connectivity index is 0.000000219. The van der Waals surface area contributed by atoms with E-state index in [2.05, 4.69) is 77.9 Å². The fourth-order valence-electron chi connectivity index (χ4n) is 2.66. The van der Waals surface area contributed by atoms with Gasteiger partial charge < -0.3 is 5.11 Å². The van der Waals surface area contributed by atoms with Crippen LogP contribution in [0.4, 0.5) is 0 Å². The van der Waals surface area contributed by atoms with E-state index in [-0.39, 0.29) is 0 Å². The number of aryl methyl sites for hydroxylation is 8. The molecule has 0 aliphatic rings. The van der Waals surface area contributed by atoms with Crippen LogP contribution >= 0.6 is 0 Å². The van der Waals surface area contributed by atoms with Crippen molar-refractivity contribution in [1.82, 2.24) is 0 Å². The van der Waals surface area contributed by atoms with Crippen LogP contribution in [0.2, 0.25) is 0 Å². The third-order valence-electron chi connectivity index (χ3n) is 5.08. The number of carboxylic acid groups (broad SMARTS) is 1. The average molecular weight is 391 g/mol. The summed E-state index contributed by atoms with van der Waals surface area (Å²) < 4.78 is 0. The molecule has 0 bridgehead atoms. The highest BCUT2D eigenvalue weighted by atomic mass is 16.4. The smallest absolute Gasteiger partial charge is 0.335 e. The van der Waals surface area contributed by atoms with Crippen LogP contribution in [-0.2, 0) is 0 Å². The second kappa shape index (κ2) is 11.2. The van der Waals surface area contributed by atoms with E-state index < -0.39 is 5.97 Å². The molecule has 0 spiro atoms. The highest BCUT2D eigenvalue weighted by Crippen LogP contribution is 2.10. The average Bonchev–Trinajstić information content (AvgIpc) is 2.65. The number of rotatable bonds is 1. The lowest BCUT2D eigenvalue weighted by Gasteiger charge is -1.99. The van der Waals surface area contributed by atoms with Gasteiger partial charge in [0.2, 0.25) is 0 Å². The van der Waals surface area contributed by atoms with Crippen molar-refractivity contribution in [2.75, 3.05) is 0 Å². The van der Waals surface area contributed by atoms with Gasteiger partial charge in [-0.1, -0.05) is 53.6 Å². The van der Waals surface area contributed by atoms with Crippen molar-refractivity contribution < 1.29 is 9.90 Å². The fraction of sp³-hybridized carbons (Fsp3) is 0.296. The molecule has 0 aromatic heterocycles. The van der Waals surface area contributed by atoms with E-state index in [1.165, 1.54) is 33.4 Å². The Morgan fingerprint density at radius 2 is 0.862 bits per heavy atom. The first-order valence-electron chi connectivity index (χ1n) is 9.89. The summed E-state index contributed by atoms with van der Waals surface area (Å²) in [5, 5.41) is 8.60. The summed E-state index contributed by atoms with van der Waals surface area (Å²) in [7, 11) is 0. The standard InChI is InChI=1S/C9H10O2.2C9H12/c1-6-3-4-8(9(10)11)5-7(6)2;2*1-7-4-5-8(2)9(3)6-7/h3-5H,1-2H3,(H,10,11);2*4-6H,1-3H3. The highest BCUT2D eigenvalue weighted by Gasteiger charge is 2.02. The van der Waals surface area contributed by atoms with Gasteiger partial charge in [0, 0.05) is 0 Å². The monoisotopic (exact) mass is 390 g/mol. The molecule has 0 saturated carbocycles. The van der Waals surface area contributed by atoms with Crippen LogP contribution in [0.3, 0.4) is 0 Å². The molecule has 0 radical (unpaired) electrons. The zero-order valence-corrected chi connectivity index (χ0v) is 19.1. The maximum absolute atomic E-state index is 10.5. The van der Waals surface area contributed by atoms with Crippen LogP contribution in [0.1, 0.15) is 54.9 Å². The molecule has 0 aliphatic carbocycles. The molecule has 2 nitrogen and oxygen atoms in total. The first kappa shape index (κ1) is 24.2. The molecule has 2 heteroatoms. The normalized spacial score (nSPS) is 9.66. The Bertz CT molecular complexity index is 919.